The van der Waals surface area contributed by atoms with E-state index in [-0.39, 0.29) is 0 Å². The third kappa shape index (κ3) is 1.88. The van der Waals surface area contributed by atoms with E-state index in [4.69, 9.17) is 0 Å². The minimum absolute atomic E-state index is 0.352. The standard InChI is InChI=1S/C13H20FN3/c1-2-6-17-7-5-15-12(17)13(14)8-10-3-4-11(9-13)16-10/h5,7,10-11,16H,2-4,6,8-9H2,1H3. The molecule has 1 aromatic rings. The largest absolute Gasteiger partial charge is 0.332 e. The van der Waals surface area contributed by atoms with E-state index in [9.17, 15) is 0 Å². The summed E-state index contributed by atoms with van der Waals surface area (Å²) in [5.41, 5.74) is -1.21. The van der Waals surface area contributed by atoms with Gasteiger partial charge in [0.15, 0.2) is 5.67 Å². The SMILES string of the molecule is CCCn1ccnc1C1(F)CC2CCC(C1)N2. The van der Waals surface area contributed by atoms with E-state index in [1.54, 1.807) is 6.20 Å². The fraction of sp³-hybridized carbons (Fsp3) is 0.769. The molecule has 2 aliphatic heterocycles. The van der Waals surface area contributed by atoms with Crippen molar-refractivity contribution in [2.45, 2.75) is 63.3 Å². The summed E-state index contributed by atoms with van der Waals surface area (Å²) in [5.74, 6) is 0.651. The maximum atomic E-state index is 15.1. The number of hydrogen-bond acceptors (Lipinski definition) is 2. The van der Waals surface area contributed by atoms with Crippen LogP contribution in [0.4, 0.5) is 4.39 Å². The van der Waals surface area contributed by atoms with E-state index >= 15 is 4.39 Å². The van der Waals surface area contributed by atoms with Crippen molar-refractivity contribution in [2.75, 3.05) is 0 Å². The summed E-state index contributed by atoms with van der Waals surface area (Å²) in [5, 5.41) is 3.48. The molecule has 0 aliphatic carbocycles. The minimum atomic E-state index is -1.21. The summed E-state index contributed by atoms with van der Waals surface area (Å²) in [6.07, 6.45) is 8.06. The van der Waals surface area contributed by atoms with Gasteiger partial charge in [0.1, 0.15) is 5.82 Å². The van der Waals surface area contributed by atoms with Gasteiger partial charge in [-0.1, -0.05) is 6.92 Å². The molecule has 3 nitrogen and oxygen atoms in total. The molecule has 2 fully saturated rings. The van der Waals surface area contributed by atoms with Crippen LogP contribution in [0.3, 0.4) is 0 Å². The summed E-state index contributed by atoms with van der Waals surface area (Å²) in [6, 6.07) is 0.705. The molecule has 2 bridgehead atoms. The number of nitrogens with one attached hydrogen (secondary N) is 1. The molecular formula is C13H20FN3. The fourth-order valence-electron chi connectivity index (χ4n) is 3.39. The van der Waals surface area contributed by atoms with E-state index in [1.807, 2.05) is 10.8 Å². The first-order chi connectivity index (χ1) is 8.21. The highest BCUT2D eigenvalue weighted by molar-refractivity contribution is 5.12. The second kappa shape index (κ2) is 4.09. The van der Waals surface area contributed by atoms with Crippen LogP contribution in [0.25, 0.3) is 0 Å². The molecule has 0 aromatic carbocycles. The molecule has 1 N–H and O–H groups in total. The summed E-state index contributed by atoms with van der Waals surface area (Å²) in [4.78, 5) is 4.29. The Kier molecular flexibility index (Phi) is 2.69. The van der Waals surface area contributed by atoms with Gasteiger partial charge in [-0.3, -0.25) is 0 Å². The van der Waals surface area contributed by atoms with Crippen LogP contribution in [-0.4, -0.2) is 21.6 Å². The molecule has 3 rings (SSSR count). The number of aromatic nitrogens is 2. The summed E-state index contributed by atoms with van der Waals surface area (Å²) >= 11 is 0. The van der Waals surface area contributed by atoms with Crippen LogP contribution in [0.2, 0.25) is 0 Å². The normalized spacial score (nSPS) is 36.4. The van der Waals surface area contributed by atoms with Crippen molar-refractivity contribution in [1.82, 2.24) is 14.9 Å². The van der Waals surface area contributed by atoms with Gasteiger partial charge in [0.2, 0.25) is 0 Å². The Morgan fingerprint density at radius 1 is 1.47 bits per heavy atom. The number of hydrogen-bond donors (Lipinski definition) is 1. The van der Waals surface area contributed by atoms with Gasteiger partial charge in [0, 0.05) is 43.9 Å². The zero-order valence-corrected chi connectivity index (χ0v) is 10.3. The Hall–Kier alpha value is -0.900. The van der Waals surface area contributed by atoms with E-state index in [0.717, 1.165) is 25.8 Å². The van der Waals surface area contributed by atoms with Gasteiger partial charge < -0.3 is 9.88 Å². The fourth-order valence-corrected chi connectivity index (χ4v) is 3.39. The lowest BCUT2D eigenvalue weighted by Crippen LogP contribution is -2.45. The van der Waals surface area contributed by atoms with E-state index in [0.29, 0.717) is 30.7 Å². The number of nitrogens with zero attached hydrogens (tertiary/aromatic N) is 2. The molecule has 17 heavy (non-hydrogen) atoms. The topological polar surface area (TPSA) is 29.9 Å². The molecule has 3 heterocycles. The van der Waals surface area contributed by atoms with Gasteiger partial charge in [0.05, 0.1) is 0 Å². The molecule has 2 saturated heterocycles. The maximum absolute atomic E-state index is 15.1. The lowest BCUT2D eigenvalue weighted by atomic mass is 9.88. The maximum Gasteiger partial charge on any atom is 0.171 e. The van der Waals surface area contributed by atoms with Crippen LogP contribution in [0.5, 0.6) is 0 Å². The quantitative estimate of drug-likeness (QED) is 0.874. The number of fused-ring (bicyclic) bond motifs is 2. The predicted octanol–water partition coefficient (Wildman–Crippen LogP) is 2.37. The molecule has 1 aromatic heterocycles. The number of imidazole rings is 1. The molecule has 94 valence electrons. The Morgan fingerprint density at radius 2 is 2.18 bits per heavy atom. The molecule has 0 spiro atoms. The van der Waals surface area contributed by atoms with Crippen LogP contribution in [0, 0.1) is 0 Å². The monoisotopic (exact) mass is 237 g/mol. The number of piperidine rings is 1. The Balaban J connectivity index is 1.89. The van der Waals surface area contributed by atoms with Crippen molar-refractivity contribution >= 4 is 0 Å². The van der Waals surface area contributed by atoms with Crippen LogP contribution in [0.1, 0.15) is 44.9 Å². The highest BCUT2D eigenvalue weighted by atomic mass is 19.1. The lowest BCUT2D eigenvalue weighted by Gasteiger charge is -2.34. The first kappa shape index (κ1) is 11.2. The summed E-state index contributed by atoms with van der Waals surface area (Å²) in [7, 11) is 0. The highest BCUT2D eigenvalue weighted by Crippen LogP contribution is 2.43. The van der Waals surface area contributed by atoms with Gasteiger partial charge in [-0.2, -0.15) is 0 Å². The van der Waals surface area contributed by atoms with Crippen molar-refractivity contribution in [3.63, 3.8) is 0 Å². The summed E-state index contributed by atoms with van der Waals surface area (Å²) in [6.45, 7) is 2.98. The summed E-state index contributed by atoms with van der Waals surface area (Å²) < 4.78 is 17.1. The second-order valence-corrected chi connectivity index (χ2v) is 5.46. The van der Waals surface area contributed by atoms with Crippen molar-refractivity contribution < 1.29 is 4.39 Å². The Labute approximate surface area is 101 Å². The van der Waals surface area contributed by atoms with Crippen LogP contribution >= 0.6 is 0 Å². The van der Waals surface area contributed by atoms with Crippen LogP contribution in [0.15, 0.2) is 12.4 Å². The molecule has 2 aliphatic rings. The molecular weight excluding hydrogens is 217 g/mol. The molecule has 0 amide bonds. The molecule has 2 atom stereocenters. The first-order valence-electron chi connectivity index (χ1n) is 6.68. The minimum Gasteiger partial charge on any atom is -0.332 e. The molecule has 4 heteroatoms. The van der Waals surface area contributed by atoms with Gasteiger partial charge >= 0.3 is 0 Å². The van der Waals surface area contributed by atoms with Crippen molar-refractivity contribution in [1.29, 1.82) is 0 Å². The number of rotatable bonds is 3. The average molecular weight is 237 g/mol. The Morgan fingerprint density at radius 3 is 2.82 bits per heavy atom. The zero-order valence-electron chi connectivity index (χ0n) is 10.3. The van der Waals surface area contributed by atoms with Crippen molar-refractivity contribution in [3.8, 4) is 0 Å². The first-order valence-corrected chi connectivity index (χ1v) is 6.68. The molecule has 0 saturated carbocycles. The van der Waals surface area contributed by atoms with Crippen molar-refractivity contribution in [3.05, 3.63) is 18.2 Å². The van der Waals surface area contributed by atoms with Crippen LogP contribution in [-0.2, 0) is 12.2 Å². The third-order valence-corrected chi connectivity index (χ3v) is 4.06. The third-order valence-electron chi connectivity index (χ3n) is 4.06. The Bertz CT molecular complexity index is 389. The van der Waals surface area contributed by atoms with E-state index in [2.05, 4.69) is 17.2 Å². The molecule has 2 unspecified atom stereocenters. The lowest BCUT2D eigenvalue weighted by molar-refractivity contribution is 0.0734. The number of aryl methyl sites for hydroxylation is 1. The van der Waals surface area contributed by atoms with Crippen molar-refractivity contribution in [2.24, 2.45) is 0 Å². The van der Waals surface area contributed by atoms with Gasteiger partial charge in [-0.05, 0) is 19.3 Å². The highest BCUT2D eigenvalue weighted by Gasteiger charge is 2.47. The predicted molar refractivity (Wildman–Crippen MR) is 64.5 cm³/mol. The zero-order chi connectivity index (χ0) is 11.9. The van der Waals surface area contributed by atoms with Gasteiger partial charge in [0.25, 0.3) is 0 Å². The smallest absolute Gasteiger partial charge is 0.171 e. The second-order valence-electron chi connectivity index (χ2n) is 5.46. The number of halogens is 1. The van der Waals surface area contributed by atoms with E-state index < -0.39 is 5.67 Å². The van der Waals surface area contributed by atoms with E-state index in [1.165, 1.54) is 0 Å². The molecule has 0 radical (unpaired) electrons. The van der Waals surface area contributed by atoms with Crippen LogP contribution < -0.4 is 5.32 Å². The average Bonchev–Trinajstić information content (AvgIpc) is 2.87. The van der Waals surface area contributed by atoms with Gasteiger partial charge in [-0.15, -0.1) is 0 Å². The van der Waals surface area contributed by atoms with Gasteiger partial charge in [-0.25, -0.2) is 9.37 Å². The number of alkyl halides is 1.